The van der Waals surface area contributed by atoms with Crippen molar-refractivity contribution in [1.82, 2.24) is 14.3 Å². The Morgan fingerprint density at radius 2 is 1.83 bits per heavy atom. The van der Waals surface area contributed by atoms with Crippen molar-refractivity contribution in [3.63, 3.8) is 0 Å². The van der Waals surface area contributed by atoms with E-state index in [2.05, 4.69) is 40.6 Å². The van der Waals surface area contributed by atoms with E-state index >= 15 is 0 Å². The lowest BCUT2D eigenvalue weighted by atomic mass is 10.1. The molecule has 0 unspecified atom stereocenters. The summed E-state index contributed by atoms with van der Waals surface area (Å²) in [6.45, 7) is 1.83. The molecule has 5 rings (SSSR count). The molecule has 146 valence electrons. The number of pyridine rings is 1. The van der Waals surface area contributed by atoms with E-state index in [0.29, 0.717) is 5.69 Å². The lowest BCUT2D eigenvalue weighted by Gasteiger charge is -2.18. The average Bonchev–Trinajstić information content (AvgIpc) is 3.33. The number of fused-ring (bicyclic) bond motifs is 2. The van der Waals surface area contributed by atoms with E-state index in [0.717, 1.165) is 47.2 Å². The Balaban J connectivity index is 1.55. The predicted molar refractivity (Wildman–Crippen MR) is 113 cm³/mol. The van der Waals surface area contributed by atoms with Gasteiger partial charge in [0.1, 0.15) is 5.65 Å². The molecule has 1 aliphatic heterocycles. The quantitative estimate of drug-likeness (QED) is 0.563. The number of imidazole rings is 1. The molecule has 6 heteroatoms. The standard InChI is InChI=1S/C23H22N4O2/c1-26(12-16-5-3-2-4-6-16)14-19-23(25-22-10-8-18(24)13-27(19)22)17-7-9-20-21(11-17)29-15-28-20/h2-11,13H,12,14-15,24H2,1H3. The molecule has 0 bridgehead atoms. The topological polar surface area (TPSA) is 65.0 Å². The monoisotopic (exact) mass is 386 g/mol. The minimum absolute atomic E-state index is 0.257. The number of nitrogens with zero attached hydrogens (tertiary/aromatic N) is 3. The third-order valence-corrected chi connectivity index (χ3v) is 5.10. The van der Waals surface area contributed by atoms with E-state index in [9.17, 15) is 0 Å². The van der Waals surface area contributed by atoms with Crippen molar-refractivity contribution in [2.45, 2.75) is 13.1 Å². The summed E-state index contributed by atoms with van der Waals surface area (Å²) in [5.41, 5.74) is 11.9. The zero-order valence-electron chi connectivity index (χ0n) is 16.2. The molecular formula is C23H22N4O2. The van der Waals surface area contributed by atoms with Crippen molar-refractivity contribution in [2.75, 3.05) is 19.6 Å². The molecule has 0 atom stereocenters. The zero-order chi connectivity index (χ0) is 19.8. The van der Waals surface area contributed by atoms with Gasteiger partial charge in [0, 0.05) is 30.5 Å². The second-order valence-electron chi connectivity index (χ2n) is 7.32. The summed E-state index contributed by atoms with van der Waals surface area (Å²) in [4.78, 5) is 7.17. The third kappa shape index (κ3) is 3.39. The maximum atomic E-state index is 6.07. The van der Waals surface area contributed by atoms with Crippen LogP contribution in [-0.2, 0) is 13.1 Å². The number of nitrogens with two attached hydrogens (primary N) is 1. The molecule has 0 amide bonds. The second-order valence-corrected chi connectivity index (χ2v) is 7.32. The number of anilines is 1. The summed E-state index contributed by atoms with van der Waals surface area (Å²) in [7, 11) is 2.11. The van der Waals surface area contributed by atoms with Crippen molar-refractivity contribution in [3.8, 4) is 22.8 Å². The van der Waals surface area contributed by atoms with E-state index in [4.69, 9.17) is 20.2 Å². The van der Waals surface area contributed by atoms with Crippen LogP contribution in [0.2, 0.25) is 0 Å². The fourth-order valence-electron chi connectivity index (χ4n) is 3.74. The highest BCUT2D eigenvalue weighted by atomic mass is 16.7. The van der Waals surface area contributed by atoms with E-state index < -0.39 is 0 Å². The number of hydrogen-bond donors (Lipinski definition) is 1. The molecule has 0 spiro atoms. The summed E-state index contributed by atoms with van der Waals surface area (Å²) < 4.78 is 13.1. The van der Waals surface area contributed by atoms with Gasteiger partial charge in [0.25, 0.3) is 0 Å². The lowest BCUT2D eigenvalue weighted by Crippen LogP contribution is -2.18. The Morgan fingerprint density at radius 1 is 1.00 bits per heavy atom. The molecule has 2 aromatic heterocycles. The molecule has 0 radical (unpaired) electrons. The van der Waals surface area contributed by atoms with E-state index in [1.165, 1.54) is 5.56 Å². The van der Waals surface area contributed by atoms with Crippen molar-refractivity contribution < 1.29 is 9.47 Å². The fourth-order valence-corrected chi connectivity index (χ4v) is 3.74. The van der Waals surface area contributed by atoms with Crippen LogP contribution in [0.15, 0.2) is 66.9 Å². The largest absolute Gasteiger partial charge is 0.454 e. The first-order valence-corrected chi connectivity index (χ1v) is 9.56. The Hall–Kier alpha value is -3.51. The van der Waals surface area contributed by atoms with E-state index in [1.807, 2.05) is 42.6 Å². The lowest BCUT2D eigenvalue weighted by molar-refractivity contribution is 0.174. The Labute approximate surface area is 169 Å². The normalized spacial score (nSPS) is 12.8. The molecule has 2 aromatic carbocycles. The molecule has 1 aliphatic rings. The Bertz CT molecular complexity index is 1170. The summed E-state index contributed by atoms with van der Waals surface area (Å²) in [5.74, 6) is 1.52. The molecule has 0 fully saturated rings. The van der Waals surface area contributed by atoms with Gasteiger partial charge in [-0.2, -0.15) is 0 Å². The van der Waals surface area contributed by atoms with Crippen LogP contribution in [0.1, 0.15) is 11.3 Å². The number of benzene rings is 2. The van der Waals surface area contributed by atoms with Crippen LogP contribution in [0.25, 0.3) is 16.9 Å². The zero-order valence-corrected chi connectivity index (χ0v) is 16.2. The molecular weight excluding hydrogens is 364 g/mol. The van der Waals surface area contributed by atoms with Crippen molar-refractivity contribution in [1.29, 1.82) is 0 Å². The van der Waals surface area contributed by atoms with Gasteiger partial charge in [-0.15, -0.1) is 0 Å². The first-order valence-electron chi connectivity index (χ1n) is 9.56. The van der Waals surface area contributed by atoms with Gasteiger partial charge in [-0.25, -0.2) is 4.98 Å². The van der Waals surface area contributed by atoms with Gasteiger partial charge in [-0.3, -0.25) is 4.90 Å². The SMILES string of the molecule is CN(Cc1ccccc1)Cc1c(-c2ccc3c(c2)OCO3)nc2ccc(N)cn12. The van der Waals surface area contributed by atoms with Crippen molar-refractivity contribution >= 4 is 11.3 Å². The van der Waals surface area contributed by atoms with Crippen LogP contribution in [0.5, 0.6) is 11.5 Å². The predicted octanol–water partition coefficient (Wildman–Crippen LogP) is 3.94. The maximum absolute atomic E-state index is 6.07. The summed E-state index contributed by atoms with van der Waals surface area (Å²) in [6.07, 6.45) is 1.94. The van der Waals surface area contributed by atoms with Crippen LogP contribution >= 0.6 is 0 Å². The smallest absolute Gasteiger partial charge is 0.231 e. The molecule has 3 heterocycles. The second kappa shape index (κ2) is 7.14. The van der Waals surface area contributed by atoms with Crippen LogP contribution in [0, 0.1) is 0 Å². The molecule has 0 saturated heterocycles. The van der Waals surface area contributed by atoms with Crippen LogP contribution in [0.4, 0.5) is 5.69 Å². The summed E-state index contributed by atoms with van der Waals surface area (Å²) in [6, 6.07) is 20.2. The first kappa shape index (κ1) is 17.6. The molecule has 2 N–H and O–H groups in total. The number of aromatic nitrogens is 2. The maximum Gasteiger partial charge on any atom is 0.231 e. The van der Waals surface area contributed by atoms with Gasteiger partial charge in [-0.05, 0) is 42.9 Å². The van der Waals surface area contributed by atoms with E-state index in [-0.39, 0.29) is 6.79 Å². The van der Waals surface area contributed by atoms with E-state index in [1.54, 1.807) is 0 Å². The number of ether oxygens (including phenoxy) is 2. The number of rotatable bonds is 5. The minimum Gasteiger partial charge on any atom is -0.454 e. The third-order valence-electron chi connectivity index (χ3n) is 5.10. The molecule has 0 saturated carbocycles. The highest BCUT2D eigenvalue weighted by Crippen LogP contribution is 2.37. The molecule has 4 aromatic rings. The number of hydrogen-bond acceptors (Lipinski definition) is 5. The first-order chi connectivity index (χ1) is 14.2. The van der Waals surface area contributed by atoms with Crippen molar-refractivity contribution in [3.05, 3.63) is 78.1 Å². The number of nitrogen functional groups attached to an aromatic ring is 1. The van der Waals surface area contributed by atoms with Crippen LogP contribution in [-0.4, -0.2) is 28.1 Å². The molecule has 0 aliphatic carbocycles. The highest BCUT2D eigenvalue weighted by Gasteiger charge is 2.20. The van der Waals surface area contributed by atoms with Crippen LogP contribution < -0.4 is 15.2 Å². The molecule has 6 nitrogen and oxygen atoms in total. The van der Waals surface area contributed by atoms with Gasteiger partial charge in [-0.1, -0.05) is 30.3 Å². The van der Waals surface area contributed by atoms with Gasteiger partial charge < -0.3 is 19.6 Å². The van der Waals surface area contributed by atoms with Gasteiger partial charge in [0.2, 0.25) is 6.79 Å². The van der Waals surface area contributed by atoms with Crippen LogP contribution in [0.3, 0.4) is 0 Å². The Kier molecular flexibility index (Phi) is 4.33. The highest BCUT2D eigenvalue weighted by molar-refractivity contribution is 5.70. The van der Waals surface area contributed by atoms with Gasteiger partial charge in [0.05, 0.1) is 11.4 Å². The molecule has 29 heavy (non-hydrogen) atoms. The fraction of sp³-hybridized carbons (Fsp3) is 0.174. The summed E-state index contributed by atoms with van der Waals surface area (Å²) in [5, 5.41) is 0. The van der Waals surface area contributed by atoms with Crippen molar-refractivity contribution in [2.24, 2.45) is 0 Å². The Morgan fingerprint density at radius 3 is 2.69 bits per heavy atom. The van der Waals surface area contributed by atoms with Gasteiger partial charge in [0.15, 0.2) is 11.5 Å². The average molecular weight is 386 g/mol. The minimum atomic E-state index is 0.257. The van der Waals surface area contributed by atoms with Gasteiger partial charge >= 0.3 is 0 Å². The summed E-state index contributed by atoms with van der Waals surface area (Å²) >= 11 is 0.